The van der Waals surface area contributed by atoms with Crippen molar-refractivity contribution in [3.63, 3.8) is 0 Å². The molecule has 1 aromatic heterocycles. The molecule has 2 aromatic rings. The van der Waals surface area contributed by atoms with Gasteiger partial charge in [-0.3, -0.25) is 0 Å². The Hall–Kier alpha value is -1.24. The smallest absolute Gasteiger partial charge is 0.0459 e. The van der Waals surface area contributed by atoms with Crippen molar-refractivity contribution in [1.82, 2.24) is 4.98 Å². The number of aromatic nitrogens is 1. The fourth-order valence-electron chi connectivity index (χ4n) is 1.39. The van der Waals surface area contributed by atoms with Gasteiger partial charge in [-0.2, -0.15) is 0 Å². The van der Waals surface area contributed by atoms with Crippen LogP contribution in [0.3, 0.4) is 0 Å². The summed E-state index contributed by atoms with van der Waals surface area (Å²) in [6, 6.07) is 6.47. The van der Waals surface area contributed by atoms with Crippen LogP contribution in [0.5, 0.6) is 0 Å². The summed E-state index contributed by atoms with van der Waals surface area (Å²) in [5.74, 6) is 0. The number of aryl methyl sites for hydroxylation is 2. The molecule has 0 aliphatic carbocycles. The highest BCUT2D eigenvalue weighted by atomic mass is 14.7. The molecular formula is C15H25N. The first kappa shape index (κ1) is 14.8. The maximum atomic E-state index is 3.23. The Morgan fingerprint density at radius 2 is 1.62 bits per heavy atom. The molecule has 1 heteroatoms. The summed E-state index contributed by atoms with van der Waals surface area (Å²) < 4.78 is 0. The quantitative estimate of drug-likeness (QED) is 0.624. The van der Waals surface area contributed by atoms with Gasteiger partial charge in [-0.05, 0) is 31.0 Å². The van der Waals surface area contributed by atoms with Crippen LogP contribution >= 0.6 is 0 Å². The second kappa shape index (κ2) is 7.98. The molecule has 1 aromatic carbocycles. The van der Waals surface area contributed by atoms with Crippen molar-refractivity contribution in [2.24, 2.45) is 0 Å². The Morgan fingerprint density at radius 3 is 2.19 bits per heavy atom. The topological polar surface area (TPSA) is 15.8 Å². The summed E-state index contributed by atoms with van der Waals surface area (Å²) in [4.78, 5) is 3.23. The summed E-state index contributed by atoms with van der Waals surface area (Å²) in [5.41, 5.74) is 3.86. The summed E-state index contributed by atoms with van der Waals surface area (Å²) in [7, 11) is 0. The van der Waals surface area contributed by atoms with E-state index in [2.05, 4.69) is 50.9 Å². The maximum Gasteiger partial charge on any atom is 0.0459 e. The lowest BCUT2D eigenvalue weighted by Gasteiger charge is -1.92. The van der Waals surface area contributed by atoms with Crippen molar-refractivity contribution in [2.75, 3.05) is 0 Å². The first-order valence-corrected chi connectivity index (χ1v) is 6.23. The van der Waals surface area contributed by atoms with E-state index in [0.717, 1.165) is 0 Å². The van der Waals surface area contributed by atoms with Crippen molar-refractivity contribution in [3.05, 3.63) is 35.5 Å². The summed E-state index contributed by atoms with van der Waals surface area (Å²) in [6.07, 6.45) is 3.30. The number of H-pyrrole nitrogens is 1. The number of fused-ring (bicyclic) bond motifs is 1. The van der Waals surface area contributed by atoms with Crippen LogP contribution in [0.4, 0.5) is 0 Å². The standard InChI is InChI=1S/C10H11N.C3H8.C2H6/c1-7-3-4-9-8(2)6-11-10(9)5-7;1-3-2;1-2/h3-6,11H,1-2H3;3H2,1-2H3;1-2H3. The van der Waals surface area contributed by atoms with Gasteiger partial charge in [0.1, 0.15) is 0 Å². The zero-order chi connectivity index (χ0) is 12.6. The minimum atomic E-state index is 1.24. The van der Waals surface area contributed by atoms with Crippen LogP contribution in [0.25, 0.3) is 10.9 Å². The average molecular weight is 219 g/mol. The molecule has 1 N–H and O–H groups in total. The molecule has 0 aliphatic heterocycles. The number of nitrogens with one attached hydrogen (secondary N) is 1. The molecule has 0 unspecified atom stereocenters. The van der Waals surface area contributed by atoms with Crippen LogP contribution in [-0.4, -0.2) is 4.98 Å². The van der Waals surface area contributed by atoms with Gasteiger partial charge in [-0.1, -0.05) is 46.2 Å². The van der Waals surface area contributed by atoms with Crippen LogP contribution < -0.4 is 0 Å². The molecule has 0 bridgehead atoms. The predicted octanol–water partition coefficient (Wildman–Crippen LogP) is 5.23. The third-order valence-corrected chi connectivity index (χ3v) is 2.04. The molecule has 0 saturated heterocycles. The van der Waals surface area contributed by atoms with Gasteiger partial charge in [0.15, 0.2) is 0 Å². The molecule has 0 amide bonds. The Bertz CT molecular complexity index is 399. The molecule has 2 rings (SSSR count). The summed E-state index contributed by atoms with van der Waals surface area (Å²) in [6.45, 7) is 12.5. The van der Waals surface area contributed by atoms with E-state index in [1.54, 1.807) is 0 Å². The van der Waals surface area contributed by atoms with Gasteiger partial charge in [-0.25, -0.2) is 0 Å². The number of aromatic amines is 1. The van der Waals surface area contributed by atoms with Crippen molar-refractivity contribution in [2.45, 2.75) is 48.0 Å². The van der Waals surface area contributed by atoms with Crippen molar-refractivity contribution >= 4 is 10.9 Å². The molecule has 0 radical (unpaired) electrons. The van der Waals surface area contributed by atoms with Gasteiger partial charge in [0, 0.05) is 17.1 Å². The fourth-order valence-corrected chi connectivity index (χ4v) is 1.39. The molecular weight excluding hydrogens is 194 g/mol. The molecule has 0 saturated carbocycles. The van der Waals surface area contributed by atoms with E-state index in [-0.39, 0.29) is 0 Å². The largest absolute Gasteiger partial charge is 0.361 e. The number of hydrogen-bond acceptors (Lipinski definition) is 0. The molecule has 90 valence electrons. The molecule has 0 aliphatic rings. The molecule has 0 fully saturated rings. The van der Waals surface area contributed by atoms with Gasteiger partial charge < -0.3 is 4.98 Å². The van der Waals surface area contributed by atoms with Crippen molar-refractivity contribution < 1.29 is 0 Å². The lowest BCUT2D eigenvalue weighted by Crippen LogP contribution is -1.71. The van der Waals surface area contributed by atoms with Gasteiger partial charge in [0.05, 0.1) is 0 Å². The van der Waals surface area contributed by atoms with Crippen LogP contribution in [0.1, 0.15) is 45.2 Å². The van der Waals surface area contributed by atoms with Gasteiger partial charge in [-0.15, -0.1) is 0 Å². The SMILES string of the molecule is CC.CCC.Cc1ccc2c(C)c[nH]c2c1. The van der Waals surface area contributed by atoms with Crippen LogP contribution in [0, 0.1) is 13.8 Å². The lowest BCUT2D eigenvalue weighted by molar-refractivity contribution is 1.09. The van der Waals surface area contributed by atoms with Crippen molar-refractivity contribution in [1.29, 1.82) is 0 Å². The van der Waals surface area contributed by atoms with E-state index in [1.807, 2.05) is 20.0 Å². The normalized spacial score (nSPS) is 8.88. The predicted molar refractivity (Wildman–Crippen MR) is 75.1 cm³/mol. The number of benzene rings is 1. The average Bonchev–Trinajstić information content (AvgIpc) is 2.64. The second-order valence-corrected chi connectivity index (χ2v) is 3.73. The highest BCUT2D eigenvalue weighted by Gasteiger charge is 1.97. The lowest BCUT2D eigenvalue weighted by atomic mass is 10.1. The molecule has 0 spiro atoms. The van der Waals surface area contributed by atoms with Gasteiger partial charge in [0.25, 0.3) is 0 Å². The highest BCUT2D eigenvalue weighted by Crippen LogP contribution is 2.17. The Kier molecular flexibility index (Phi) is 7.36. The monoisotopic (exact) mass is 219 g/mol. The van der Waals surface area contributed by atoms with E-state index in [0.29, 0.717) is 0 Å². The minimum Gasteiger partial charge on any atom is -0.361 e. The Balaban J connectivity index is 0.000000394. The van der Waals surface area contributed by atoms with Gasteiger partial charge in [0.2, 0.25) is 0 Å². The zero-order valence-corrected chi connectivity index (χ0v) is 11.5. The molecule has 1 heterocycles. The third kappa shape index (κ3) is 4.09. The van der Waals surface area contributed by atoms with E-state index in [4.69, 9.17) is 0 Å². The van der Waals surface area contributed by atoms with E-state index < -0.39 is 0 Å². The zero-order valence-electron chi connectivity index (χ0n) is 11.5. The van der Waals surface area contributed by atoms with Crippen LogP contribution in [-0.2, 0) is 0 Å². The second-order valence-electron chi connectivity index (χ2n) is 3.73. The van der Waals surface area contributed by atoms with Crippen LogP contribution in [0.15, 0.2) is 24.4 Å². The summed E-state index contributed by atoms with van der Waals surface area (Å²) in [5, 5.41) is 1.33. The number of hydrogen-bond donors (Lipinski definition) is 1. The van der Waals surface area contributed by atoms with Crippen molar-refractivity contribution in [3.8, 4) is 0 Å². The van der Waals surface area contributed by atoms with Crippen LogP contribution in [0.2, 0.25) is 0 Å². The molecule has 1 nitrogen and oxygen atoms in total. The summed E-state index contributed by atoms with van der Waals surface area (Å²) >= 11 is 0. The first-order chi connectivity index (χ1) is 7.69. The Morgan fingerprint density at radius 1 is 1.06 bits per heavy atom. The minimum absolute atomic E-state index is 1.24. The van der Waals surface area contributed by atoms with E-state index >= 15 is 0 Å². The molecule has 0 atom stereocenters. The number of rotatable bonds is 0. The molecule has 16 heavy (non-hydrogen) atoms. The first-order valence-electron chi connectivity index (χ1n) is 6.23. The highest BCUT2D eigenvalue weighted by molar-refractivity contribution is 5.83. The Labute approximate surface area is 99.9 Å². The van der Waals surface area contributed by atoms with Gasteiger partial charge >= 0.3 is 0 Å². The maximum absolute atomic E-state index is 3.23. The third-order valence-electron chi connectivity index (χ3n) is 2.04. The van der Waals surface area contributed by atoms with E-state index in [9.17, 15) is 0 Å². The fraction of sp³-hybridized carbons (Fsp3) is 0.467. The van der Waals surface area contributed by atoms with E-state index in [1.165, 1.54) is 28.5 Å².